The van der Waals surface area contributed by atoms with Crippen molar-refractivity contribution in [3.05, 3.63) is 35.4 Å². The van der Waals surface area contributed by atoms with Crippen LogP contribution >= 0.6 is 0 Å². The third-order valence-corrected chi connectivity index (χ3v) is 2.75. The van der Waals surface area contributed by atoms with E-state index in [9.17, 15) is 19.5 Å². The number of nitrogens with zero attached hydrogens (tertiary/aromatic N) is 1. The van der Waals surface area contributed by atoms with Crippen molar-refractivity contribution in [2.75, 3.05) is 0 Å². The van der Waals surface area contributed by atoms with Crippen molar-refractivity contribution in [2.45, 2.75) is 38.8 Å². The van der Waals surface area contributed by atoms with Gasteiger partial charge in [0.15, 0.2) is 0 Å². The first-order valence-corrected chi connectivity index (χ1v) is 7.25. The maximum absolute atomic E-state index is 11.7. The molecular formula is C16H21N3O5. The first-order chi connectivity index (χ1) is 11.2. The first-order valence-electron chi connectivity index (χ1n) is 7.25. The number of aliphatic carboxylic acids is 1. The van der Waals surface area contributed by atoms with Gasteiger partial charge in [-0.25, -0.2) is 15.0 Å². The Kier molecular flexibility index (Phi) is 6.91. The molecule has 0 radical (unpaired) electrons. The summed E-state index contributed by atoms with van der Waals surface area (Å²) in [5, 5.41) is 15.2. The fourth-order valence-corrected chi connectivity index (χ4v) is 1.77. The maximum Gasteiger partial charge on any atom is 0.408 e. The number of carboxylic acid groups (broad SMARTS) is 1. The predicted octanol–water partition coefficient (Wildman–Crippen LogP) is 1.29. The van der Waals surface area contributed by atoms with Crippen LogP contribution in [0.3, 0.4) is 0 Å². The molecule has 24 heavy (non-hydrogen) atoms. The van der Waals surface area contributed by atoms with E-state index in [4.69, 9.17) is 4.74 Å². The van der Waals surface area contributed by atoms with E-state index in [0.717, 1.165) is 11.1 Å². The summed E-state index contributed by atoms with van der Waals surface area (Å²) in [4.78, 5) is 33.1. The molecule has 0 fully saturated rings. The Balaban J connectivity index is 2.70. The molecule has 0 aromatic heterocycles. The molecule has 0 saturated carbocycles. The third kappa shape index (κ3) is 7.39. The molecule has 1 unspecified atom stereocenters. The lowest BCUT2D eigenvalue weighted by molar-refractivity contribution is -0.139. The van der Waals surface area contributed by atoms with Gasteiger partial charge < -0.3 is 15.2 Å². The van der Waals surface area contributed by atoms with Crippen LogP contribution in [0.15, 0.2) is 29.4 Å². The van der Waals surface area contributed by atoms with Crippen LogP contribution in [0.4, 0.5) is 4.79 Å². The molecule has 1 aromatic carbocycles. The van der Waals surface area contributed by atoms with Gasteiger partial charge in [0.2, 0.25) is 6.41 Å². The molecule has 3 N–H and O–H groups in total. The lowest BCUT2D eigenvalue weighted by atomic mass is 10.0. The number of alkyl carbamates (subject to hydrolysis) is 1. The molecule has 2 amide bonds. The number of ether oxygens (including phenoxy) is 1. The summed E-state index contributed by atoms with van der Waals surface area (Å²) in [6, 6.07) is 5.77. The van der Waals surface area contributed by atoms with Gasteiger partial charge in [-0.2, -0.15) is 5.10 Å². The van der Waals surface area contributed by atoms with Crippen LogP contribution in [0.1, 0.15) is 31.9 Å². The van der Waals surface area contributed by atoms with Crippen LogP contribution in [0, 0.1) is 0 Å². The molecule has 8 nitrogen and oxygen atoms in total. The molecule has 0 bridgehead atoms. The Bertz CT molecular complexity index is 605. The quantitative estimate of drug-likeness (QED) is 0.394. The Hall–Kier alpha value is -2.90. The van der Waals surface area contributed by atoms with Crippen molar-refractivity contribution in [1.82, 2.24) is 10.7 Å². The highest BCUT2D eigenvalue weighted by Gasteiger charge is 2.24. The van der Waals surface area contributed by atoms with Crippen LogP contribution in [0.25, 0.3) is 0 Å². The summed E-state index contributed by atoms with van der Waals surface area (Å²) in [6.07, 6.45) is 1.23. The summed E-state index contributed by atoms with van der Waals surface area (Å²) in [6.45, 7) is 5.09. The van der Waals surface area contributed by atoms with Crippen molar-refractivity contribution in [3.63, 3.8) is 0 Å². The molecule has 1 aromatic rings. The number of carbonyl (C=O) groups is 3. The highest BCUT2D eigenvalue weighted by atomic mass is 16.6. The molecule has 0 saturated heterocycles. The standard InChI is InChI=1S/C16H21N3O5/c1-16(2,3)24-15(23)19-13(14(21)22)8-11-4-6-12(7-5-11)9-17-18-10-20/h4-7,9-10,13H,8H2,1-3H3,(H,18,20)(H,19,23)(H,21,22)/b17-9-. The Morgan fingerprint density at radius 3 is 2.42 bits per heavy atom. The van der Waals surface area contributed by atoms with Crippen molar-refractivity contribution < 1.29 is 24.2 Å². The van der Waals surface area contributed by atoms with Crippen molar-refractivity contribution >= 4 is 24.7 Å². The topological polar surface area (TPSA) is 117 Å². The number of benzene rings is 1. The zero-order valence-corrected chi connectivity index (χ0v) is 13.8. The fourth-order valence-electron chi connectivity index (χ4n) is 1.77. The van der Waals surface area contributed by atoms with Crippen molar-refractivity contribution in [1.29, 1.82) is 0 Å². The molecule has 1 rings (SSSR count). The van der Waals surface area contributed by atoms with Gasteiger partial charge in [-0.3, -0.25) is 4.79 Å². The molecule has 0 heterocycles. The molecule has 0 spiro atoms. The zero-order chi connectivity index (χ0) is 18.2. The SMILES string of the molecule is CC(C)(C)OC(=O)NC(Cc1ccc(/C=N\NC=O)cc1)C(=O)O. The highest BCUT2D eigenvalue weighted by molar-refractivity contribution is 5.81. The normalized spacial score (nSPS) is 12.5. The number of amides is 2. The molecule has 130 valence electrons. The van der Waals surface area contributed by atoms with Gasteiger partial charge in [-0.15, -0.1) is 0 Å². The van der Waals surface area contributed by atoms with Crippen LogP contribution in [0.2, 0.25) is 0 Å². The van der Waals surface area contributed by atoms with Gasteiger partial charge in [0, 0.05) is 6.42 Å². The number of carboxylic acids is 1. The molecule has 0 aliphatic heterocycles. The summed E-state index contributed by atoms with van der Waals surface area (Å²) < 4.78 is 5.06. The Labute approximate surface area is 139 Å². The van der Waals surface area contributed by atoms with E-state index >= 15 is 0 Å². The molecule has 0 aliphatic rings. The molecule has 1 atom stereocenters. The molecule has 0 aliphatic carbocycles. The van der Waals surface area contributed by atoms with Crippen LogP contribution < -0.4 is 10.7 Å². The summed E-state index contributed by atoms with van der Waals surface area (Å²) >= 11 is 0. The lowest BCUT2D eigenvalue weighted by Gasteiger charge is -2.22. The van der Waals surface area contributed by atoms with Gasteiger partial charge in [-0.05, 0) is 31.9 Å². The lowest BCUT2D eigenvalue weighted by Crippen LogP contribution is -2.44. The Morgan fingerprint density at radius 1 is 1.29 bits per heavy atom. The summed E-state index contributed by atoms with van der Waals surface area (Å²) in [7, 11) is 0. The van der Waals surface area contributed by atoms with Crippen LogP contribution in [-0.4, -0.2) is 41.4 Å². The van der Waals surface area contributed by atoms with E-state index in [1.165, 1.54) is 6.21 Å². The van der Waals surface area contributed by atoms with Crippen LogP contribution in [0.5, 0.6) is 0 Å². The van der Waals surface area contributed by atoms with Gasteiger partial charge in [0.25, 0.3) is 0 Å². The van der Waals surface area contributed by atoms with Gasteiger partial charge in [-0.1, -0.05) is 24.3 Å². The second kappa shape index (κ2) is 8.66. The van der Waals surface area contributed by atoms with E-state index in [1.54, 1.807) is 45.0 Å². The largest absolute Gasteiger partial charge is 0.480 e. The second-order valence-corrected chi connectivity index (χ2v) is 5.99. The summed E-state index contributed by atoms with van der Waals surface area (Å²) in [5.74, 6) is -1.15. The smallest absolute Gasteiger partial charge is 0.408 e. The molecular weight excluding hydrogens is 314 g/mol. The van der Waals surface area contributed by atoms with Gasteiger partial charge >= 0.3 is 12.1 Å². The number of nitrogens with one attached hydrogen (secondary N) is 2. The van der Waals surface area contributed by atoms with Gasteiger partial charge in [0.05, 0.1) is 6.21 Å². The maximum atomic E-state index is 11.7. The minimum Gasteiger partial charge on any atom is -0.480 e. The number of hydrogen-bond acceptors (Lipinski definition) is 5. The van der Waals surface area contributed by atoms with E-state index in [1.807, 2.05) is 0 Å². The first kappa shape index (κ1) is 19.1. The van der Waals surface area contributed by atoms with E-state index in [2.05, 4.69) is 15.8 Å². The number of hydrogen-bond donors (Lipinski definition) is 3. The zero-order valence-electron chi connectivity index (χ0n) is 13.8. The predicted molar refractivity (Wildman–Crippen MR) is 87.7 cm³/mol. The van der Waals surface area contributed by atoms with E-state index in [0.29, 0.717) is 6.41 Å². The number of hydrazone groups is 1. The monoisotopic (exact) mass is 335 g/mol. The average molecular weight is 335 g/mol. The summed E-state index contributed by atoms with van der Waals surface area (Å²) in [5.41, 5.74) is 2.90. The Morgan fingerprint density at radius 2 is 1.92 bits per heavy atom. The van der Waals surface area contributed by atoms with Crippen LogP contribution in [-0.2, 0) is 20.7 Å². The minimum absolute atomic E-state index is 0.110. The minimum atomic E-state index is -1.15. The van der Waals surface area contributed by atoms with Gasteiger partial charge in [0.1, 0.15) is 11.6 Å². The average Bonchev–Trinajstić information content (AvgIpc) is 2.46. The van der Waals surface area contributed by atoms with E-state index < -0.39 is 23.7 Å². The molecule has 8 heteroatoms. The number of rotatable bonds is 7. The van der Waals surface area contributed by atoms with E-state index in [-0.39, 0.29) is 6.42 Å². The third-order valence-electron chi connectivity index (χ3n) is 2.75. The van der Waals surface area contributed by atoms with Crippen molar-refractivity contribution in [2.24, 2.45) is 5.10 Å². The second-order valence-electron chi connectivity index (χ2n) is 5.99. The van der Waals surface area contributed by atoms with Crippen molar-refractivity contribution in [3.8, 4) is 0 Å². The fraction of sp³-hybridized carbons (Fsp3) is 0.375. The number of carbonyl (C=O) groups excluding carboxylic acids is 2. The highest BCUT2D eigenvalue weighted by Crippen LogP contribution is 2.09.